The van der Waals surface area contributed by atoms with Gasteiger partial charge in [0.1, 0.15) is 24.1 Å². The predicted octanol–water partition coefficient (Wildman–Crippen LogP) is 6.95. The predicted molar refractivity (Wildman–Crippen MR) is 155 cm³/mol. The standard InChI is InChI=1S/C32H31N2O6P/c35-31(30(26-16-7-2-8-17-26)33-32(36)38-24-25-14-5-1-6-15-25)34-23-13-22-29(34)41(37,39-27-18-9-3-10-19-27)40-28-20-11-4-12-21-28/h1-12,14-21,29-30H,13,22-24H2,(H,33,36)/t29?,30-/m0/s1. The molecule has 41 heavy (non-hydrogen) atoms. The zero-order chi connectivity index (χ0) is 28.5. The molecule has 0 aromatic heterocycles. The summed E-state index contributed by atoms with van der Waals surface area (Å²) in [6, 6.07) is 34.7. The van der Waals surface area contributed by atoms with Gasteiger partial charge in [-0.15, -0.1) is 0 Å². The van der Waals surface area contributed by atoms with Crippen molar-refractivity contribution in [2.24, 2.45) is 0 Å². The number of hydrogen-bond donors (Lipinski definition) is 1. The number of benzene rings is 4. The van der Waals surface area contributed by atoms with Crippen LogP contribution >= 0.6 is 7.60 Å². The van der Waals surface area contributed by atoms with Crippen molar-refractivity contribution in [2.75, 3.05) is 6.54 Å². The molecule has 0 spiro atoms. The molecule has 1 N–H and O–H groups in total. The van der Waals surface area contributed by atoms with E-state index in [1.807, 2.05) is 48.5 Å². The number of hydrogen-bond acceptors (Lipinski definition) is 6. The van der Waals surface area contributed by atoms with Crippen LogP contribution < -0.4 is 14.4 Å². The minimum absolute atomic E-state index is 0.0553. The molecule has 4 aromatic carbocycles. The molecule has 2 amide bonds. The van der Waals surface area contributed by atoms with E-state index in [0.717, 1.165) is 5.56 Å². The van der Waals surface area contributed by atoms with Crippen molar-refractivity contribution < 1.29 is 27.9 Å². The molecule has 8 nitrogen and oxygen atoms in total. The lowest BCUT2D eigenvalue weighted by molar-refractivity contribution is -0.133. The van der Waals surface area contributed by atoms with Crippen LogP contribution in [0.25, 0.3) is 0 Å². The molecule has 0 aliphatic carbocycles. The zero-order valence-electron chi connectivity index (χ0n) is 22.4. The molecule has 0 bridgehead atoms. The first-order valence-corrected chi connectivity index (χ1v) is 15.0. The van der Waals surface area contributed by atoms with Crippen molar-refractivity contribution in [1.29, 1.82) is 0 Å². The summed E-state index contributed by atoms with van der Waals surface area (Å²) in [6.45, 7) is 0.383. The lowest BCUT2D eigenvalue weighted by atomic mass is 10.1. The van der Waals surface area contributed by atoms with E-state index in [0.29, 0.717) is 36.4 Å². The van der Waals surface area contributed by atoms with Crippen molar-refractivity contribution >= 4 is 19.6 Å². The number of rotatable bonds is 10. The van der Waals surface area contributed by atoms with Gasteiger partial charge in [0, 0.05) is 6.54 Å². The Morgan fingerprint density at radius 1 is 0.780 bits per heavy atom. The SMILES string of the molecule is O=C(N[C@H](C(=O)N1CCCC1P(=O)(Oc1ccccc1)Oc1ccccc1)c1ccccc1)OCc1ccccc1. The second-order valence-corrected chi connectivity index (χ2v) is 11.6. The number of alkyl carbamates (subject to hydrolysis) is 1. The second-order valence-electron chi connectivity index (χ2n) is 9.55. The molecule has 4 aromatic rings. The lowest BCUT2D eigenvalue weighted by Gasteiger charge is -2.33. The number of amides is 2. The summed E-state index contributed by atoms with van der Waals surface area (Å²) < 4.78 is 32.1. The highest BCUT2D eigenvalue weighted by Crippen LogP contribution is 2.57. The summed E-state index contributed by atoms with van der Waals surface area (Å²) in [5.41, 5.74) is 1.39. The van der Waals surface area contributed by atoms with Crippen LogP contribution in [0.3, 0.4) is 0 Å². The topological polar surface area (TPSA) is 94.2 Å². The van der Waals surface area contributed by atoms with Crippen LogP contribution in [-0.2, 0) is 20.7 Å². The average Bonchev–Trinajstić information content (AvgIpc) is 3.52. The number of likely N-dealkylation sites (tertiary alicyclic amines) is 1. The van der Waals surface area contributed by atoms with Gasteiger partial charge in [-0.1, -0.05) is 97.1 Å². The molecular formula is C32H31N2O6P. The highest BCUT2D eigenvalue weighted by atomic mass is 31.2. The van der Waals surface area contributed by atoms with Crippen molar-refractivity contribution in [3.05, 3.63) is 132 Å². The van der Waals surface area contributed by atoms with Crippen LogP contribution in [0.5, 0.6) is 11.5 Å². The van der Waals surface area contributed by atoms with E-state index < -0.39 is 31.4 Å². The van der Waals surface area contributed by atoms with Gasteiger partial charge in [-0.25, -0.2) is 9.36 Å². The van der Waals surface area contributed by atoms with Crippen molar-refractivity contribution in [2.45, 2.75) is 31.3 Å². The second kappa shape index (κ2) is 13.2. The number of para-hydroxylation sites is 2. The Morgan fingerprint density at radius 2 is 1.29 bits per heavy atom. The van der Waals surface area contributed by atoms with Crippen molar-refractivity contribution in [1.82, 2.24) is 10.2 Å². The third kappa shape index (κ3) is 7.16. The summed E-state index contributed by atoms with van der Waals surface area (Å²) in [5, 5.41) is 2.73. The number of nitrogens with zero attached hydrogens (tertiary/aromatic N) is 1. The fraction of sp³-hybridized carbons (Fsp3) is 0.188. The molecule has 1 heterocycles. The number of carbonyl (C=O) groups excluding carboxylic acids is 2. The molecular weight excluding hydrogens is 539 g/mol. The Balaban J connectivity index is 1.41. The van der Waals surface area contributed by atoms with E-state index in [-0.39, 0.29) is 6.61 Å². The summed E-state index contributed by atoms with van der Waals surface area (Å²) in [4.78, 5) is 28.5. The molecule has 1 saturated heterocycles. The molecule has 210 valence electrons. The summed E-state index contributed by atoms with van der Waals surface area (Å²) in [5.74, 6) is -0.561. The van der Waals surface area contributed by atoms with Crippen molar-refractivity contribution in [3.63, 3.8) is 0 Å². The monoisotopic (exact) mass is 570 g/mol. The summed E-state index contributed by atoms with van der Waals surface area (Å²) in [6.07, 6.45) is 0.260. The van der Waals surface area contributed by atoms with Gasteiger partial charge >= 0.3 is 13.7 Å². The lowest BCUT2D eigenvalue weighted by Crippen LogP contribution is -2.45. The third-order valence-corrected chi connectivity index (χ3v) is 8.87. The highest BCUT2D eigenvalue weighted by molar-refractivity contribution is 7.55. The maximum Gasteiger partial charge on any atom is 0.453 e. The number of ether oxygens (including phenoxy) is 1. The fourth-order valence-electron chi connectivity index (χ4n) is 4.71. The quantitative estimate of drug-likeness (QED) is 0.207. The van der Waals surface area contributed by atoms with Gasteiger partial charge in [-0.3, -0.25) is 4.79 Å². The molecule has 0 radical (unpaired) electrons. The first-order valence-electron chi connectivity index (χ1n) is 13.4. The van der Waals surface area contributed by atoms with E-state index in [1.54, 1.807) is 72.8 Å². The first-order chi connectivity index (χ1) is 20.0. The van der Waals surface area contributed by atoms with Gasteiger partial charge < -0.3 is 24.0 Å². The minimum Gasteiger partial charge on any atom is -0.445 e. The third-order valence-electron chi connectivity index (χ3n) is 6.68. The van der Waals surface area contributed by atoms with Crippen LogP contribution in [0, 0.1) is 0 Å². The van der Waals surface area contributed by atoms with Gasteiger partial charge in [0.2, 0.25) is 0 Å². The maximum absolute atomic E-state index is 14.6. The molecule has 1 aliphatic heterocycles. The van der Waals surface area contributed by atoms with Crippen LogP contribution in [0.1, 0.15) is 30.0 Å². The van der Waals surface area contributed by atoms with Crippen molar-refractivity contribution in [3.8, 4) is 11.5 Å². The van der Waals surface area contributed by atoms with Gasteiger partial charge in [0.05, 0.1) is 0 Å². The van der Waals surface area contributed by atoms with E-state index in [4.69, 9.17) is 13.8 Å². The van der Waals surface area contributed by atoms with E-state index in [9.17, 15) is 14.2 Å². The van der Waals surface area contributed by atoms with E-state index >= 15 is 0 Å². The summed E-state index contributed by atoms with van der Waals surface area (Å²) in [7, 11) is -3.98. The minimum atomic E-state index is -3.98. The van der Waals surface area contributed by atoms with Gasteiger partial charge in [-0.05, 0) is 48.2 Å². The molecule has 1 fully saturated rings. The van der Waals surface area contributed by atoms with E-state index in [1.165, 1.54) is 4.90 Å². The molecule has 2 atom stereocenters. The normalized spacial score (nSPS) is 15.5. The van der Waals surface area contributed by atoms with E-state index in [2.05, 4.69) is 5.32 Å². The Morgan fingerprint density at radius 3 is 1.85 bits per heavy atom. The highest BCUT2D eigenvalue weighted by Gasteiger charge is 2.49. The van der Waals surface area contributed by atoms with Crippen LogP contribution in [0.4, 0.5) is 4.79 Å². The maximum atomic E-state index is 14.6. The Labute approximate surface area is 239 Å². The number of carbonyl (C=O) groups is 2. The Hall–Kier alpha value is -4.55. The fourth-order valence-corrected chi connectivity index (χ4v) is 6.89. The van der Waals surface area contributed by atoms with Crippen LogP contribution in [0.15, 0.2) is 121 Å². The summed E-state index contributed by atoms with van der Waals surface area (Å²) >= 11 is 0. The average molecular weight is 571 g/mol. The number of nitrogens with one attached hydrogen (secondary N) is 1. The molecule has 0 saturated carbocycles. The van der Waals surface area contributed by atoms with Gasteiger partial charge in [-0.2, -0.15) is 0 Å². The van der Waals surface area contributed by atoms with Gasteiger partial charge in [0.15, 0.2) is 5.78 Å². The Bertz CT molecular complexity index is 1430. The molecule has 1 unspecified atom stereocenters. The molecule has 5 rings (SSSR count). The first kappa shape index (κ1) is 28.0. The molecule has 1 aliphatic rings. The zero-order valence-corrected chi connectivity index (χ0v) is 23.3. The Kier molecular flexibility index (Phi) is 9.02. The largest absolute Gasteiger partial charge is 0.453 e. The smallest absolute Gasteiger partial charge is 0.445 e. The van der Waals surface area contributed by atoms with Crippen LogP contribution in [-0.4, -0.2) is 29.2 Å². The van der Waals surface area contributed by atoms with Gasteiger partial charge in [0.25, 0.3) is 5.91 Å². The molecule has 9 heteroatoms. The van der Waals surface area contributed by atoms with Crippen LogP contribution in [0.2, 0.25) is 0 Å².